The van der Waals surface area contributed by atoms with E-state index in [9.17, 15) is 4.79 Å². The number of carbonyl (C=O) groups is 1. The van der Waals surface area contributed by atoms with E-state index < -0.39 is 0 Å². The average molecular weight is 336 g/mol. The minimum atomic E-state index is -0.104. The normalized spacial score (nSPS) is 14.2. The Labute approximate surface area is 149 Å². The molecule has 0 saturated carbocycles. The van der Waals surface area contributed by atoms with Crippen LogP contribution in [0.4, 0.5) is 5.69 Å². The fourth-order valence-electron chi connectivity index (χ4n) is 2.95. The van der Waals surface area contributed by atoms with Gasteiger partial charge in [0.1, 0.15) is 12.4 Å². The summed E-state index contributed by atoms with van der Waals surface area (Å²) in [6.45, 7) is 7.40. The van der Waals surface area contributed by atoms with Crippen LogP contribution in [0.3, 0.4) is 0 Å². The van der Waals surface area contributed by atoms with Gasteiger partial charge in [0.15, 0.2) is 0 Å². The number of hydrogen-bond donors (Lipinski definition) is 1. The molecule has 1 amide bonds. The molecule has 0 unspecified atom stereocenters. The largest absolute Gasteiger partial charge is 0.490 e. The van der Waals surface area contributed by atoms with Gasteiger partial charge in [-0.3, -0.25) is 9.69 Å². The molecule has 0 atom stereocenters. The molecule has 2 aromatic rings. The van der Waals surface area contributed by atoms with Crippen LogP contribution in [0.25, 0.3) is 0 Å². The number of anilines is 1. The molecule has 4 nitrogen and oxygen atoms in total. The second kappa shape index (κ2) is 8.49. The highest BCUT2D eigenvalue weighted by Crippen LogP contribution is 2.17. The van der Waals surface area contributed by atoms with E-state index in [0.29, 0.717) is 12.2 Å². The highest BCUT2D eigenvalue weighted by Gasteiger charge is 2.12. The fourth-order valence-corrected chi connectivity index (χ4v) is 2.95. The van der Waals surface area contributed by atoms with Gasteiger partial charge in [-0.1, -0.05) is 24.8 Å². The van der Waals surface area contributed by atoms with Crippen molar-refractivity contribution in [1.29, 1.82) is 0 Å². The van der Waals surface area contributed by atoms with Crippen molar-refractivity contribution < 1.29 is 9.53 Å². The van der Waals surface area contributed by atoms with Crippen molar-refractivity contribution in [2.45, 2.75) is 19.4 Å². The van der Waals surface area contributed by atoms with Crippen LogP contribution in [-0.4, -0.2) is 30.5 Å². The third-order valence-corrected chi connectivity index (χ3v) is 4.30. The zero-order valence-electron chi connectivity index (χ0n) is 14.4. The predicted octanol–water partition coefficient (Wildman–Crippen LogP) is 4.10. The van der Waals surface area contributed by atoms with Crippen LogP contribution in [-0.2, 0) is 6.54 Å². The maximum absolute atomic E-state index is 12.4. The number of nitrogens with one attached hydrogen (secondary N) is 1. The zero-order chi connectivity index (χ0) is 17.5. The standard InChI is InChI=1S/C21H24N2O2/c1-2-15-25-20-11-9-19(10-12-20)22-21(24)18-7-5-17(6-8-18)16-23-13-3-4-14-23/h2,5-12H,1,3-4,13-16H2,(H,22,24). The first-order valence-corrected chi connectivity index (χ1v) is 8.71. The molecule has 1 aliphatic heterocycles. The molecule has 0 radical (unpaired) electrons. The maximum Gasteiger partial charge on any atom is 0.255 e. The van der Waals surface area contributed by atoms with Crippen LogP contribution in [0, 0.1) is 0 Å². The van der Waals surface area contributed by atoms with Gasteiger partial charge in [-0.2, -0.15) is 0 Å². The fraction of sp³-hybridized carbons (Fsp3) is 0.286. The van der Waals surface area contributed by atoms with Crippen molar-refractivity contribution in [3.8, 4) is 5.75 Å². The third kappa shape index (κ3) is 4.94. The van der Waals surface area contributed by atoms with Crippen molar-refractivity contribution in [3.05, 3.63) is 72.3 Å². The summed E-state index contributed by atoms with van der Waals surface area (Å²) < 4.78 is 5.43. The molecule has 2 aromatic carbocycles. The number of hydrogen-bond acceptors (Lipinski definition) is 3. The van der Waals surface area contributed by atoms with Gasteiger partial charge in [-0.05, 0) is 67.9 Å². The molecule has 1 heterocycles. The molecule has 0 bridgehead atoms. The summed E-state index contributed by atoms with van der Waals surface area (Å²) in [5.41, 5.74) is 2.66. The van der Waals surface area contributed by atoms with Crippen molar-refractivity contribution in [1.82, 2.24) is 4.90 Å². The Morgan fingerprint density at radius 3 is 2.40 bits per heavy atom. The summed E-state index contributed by atoms with van der Waals surface area (Å²) >= 11 is 0. The third-order valence-electron chi connectivity index (χ3n) is 4.30. The minimum Gasteiger partial charge on any atom is -0.490 e. The van der Waals surface area contributed by atoms with Gasteiger partial charge in [0.2, 0.25) is 0 Å². The number of carbonyl (C=O) groups excluding carboxylic acids is 1. The molecule has 0 aliphatic carbocycles. The van der Waals surface area contributed by atoms with Gasteiger partial charge in [-0.25, -0.2) is 0 Å². The molecule has 1 saturated heterocycles. The Morgan fingerprint density at radius 2 is 1.76 bits per heavy atom. The lowest BCUT2D eigenvalue weighted by atomic mass is 10.1. The highest BCUT2D eigenvalue weighted by atomic mass is 16.5. The number of likely N-dealkylation sites (tertiary alicyclic amines) is 1. The first-order chi connectivity index (χ1) is 12.2. The summed E-state index contributed by atoms with van der Waals surface area (Å²) in [6.07, 6.45) is 4.28. The summed E-state index contributed by atoms with van der Waals surface area (Å²) in [5.74, 6) is 0.650. The topological polar surface area (TPSA) is 41.6 Å². The first-order valence-electron chi connectivity index (χ1n) is 8.71. The van der Waals surface area contributed by atoms with Crippen LogP contribution >= 0.6 is 0 Å². The smallest absolute Gasteiger partial charge is 0.255 e. The van der Waals surface area contributed by atoms with Crippen LogP contribution in [0.15, 0.2) is 61.2 Å². The zero-order valence-corrected chi connectivity index (χ0v) is 14.4. The van der Waals surface area contributed by atoms with Gasteiger partial charge < -0.3 is 10.1 Å². The lowest BCUT2D eigenvalue weighted by molar-refractivity contribution is 0.102. The SMILES string of the molecule is C=CCOc1ccc(NC(=O)c2ccc(CN3CCCC3)cc2)cc1. The lowest BCUT2D eigenvalue weighted by Gasteiger charge is -2.14. The molecule has 1 fully saturated rings. The molecule has 3 rings (SSSR count). The number of amides is 1. The van der Waals surface area contributed by atoms with E-state index in [-0.39, 0.29) is 5.91 Å². The second-order valence-electron chi connectivity index (χ2n) is 6.26. The van der Waals surface area contributed by atoms with E-state index in [2.05, 4.69) is 16.8 Å². The second-order valence-corrected chi connectivity index (χ2v) is 6.26. The molecule has 130 valence electrons. The number of rotatable bonds is 7. The van der Waals surface area contributed by atoms with E-state index in [1.54, 1.807) is 6.08 Å². The molecule has 0 aromatic heterocycles. The monoisotopic (exact) mass is 336 g/mol. The maximum atomic E-state index is 12.4. The van der Waals surface area contributed by atoms with E-state index in [1.165, 1.54) is 31.5 Å². The van der Waals surface area contributed by atoms with Gasteiger partial charge in [-0.15, -0.1) is 0 Å². The van der Waals surface area contributed by atoms with Crippen molar-refractivity contribution in [2.75, 3.05) is 25.0 Å². The summed E-state index contributed by atoms with van der Waals surface area (Å²) in [5, 5.41) is 2.91. The van der Waals surface area contributed by atoms with E-state index in [1.807, 2.05) is 48.5 Å². The van der Waals surface area contributed by atoms with Crippen molar-refractivity contribution >= 4 is 11.6 Å². The Morgan fingerprint density at radius 1 is 1.08 bits per heavy atom. The Kier molecular flexibility index (Phi) is 5.86. The molecule has 1 N–H and O–H groups in total. The number of benzene rings is 2. The van der Waals surface area contributed by atoms with Crippen LogP contribution in [0.1, 0.15) is 28.8 Å². The quantitative estimate of drug-likeness (QED) is 0.774. The molecule has 0 spiro atoms. The average Bonchev–Trinajstić information content (AvgIpc) is 3.15. The van der Waals surface area contributed by atoms with Crippen LogP contribution in [0.2, 0.25) is 0 Å². The summed E-state index contributed by atoms with van der Waals surface area (Å²) in [7, 11) is 0. The van der Waals surface area contributed by atoms with Gasteiger partial charge in [0.25, 0.3) is 5.91 Å². The minimum absolute atomic E-state index is 0.104. The van der Waals surface area contributed by atoms with Gasteiger partial charge >= 0.3 is 0 Å². The van der Waals surface area contributed by atoms with E-state index in [4.69, 9.17) is 4.74 Å². The van der Waals surface area contributed by atoms with Crippen molar-refractivity contribution in [2.24, 2.45) is 0 Å². The molecule has 1 aliphatic rings. The summed E-state index contributed by atoms with van der Waals surface area (Å²) in [6, 6.07) is 15.2. The highest BCUT2D eigenvalue weighted by molar-refractivity contribution is 6.04. The van der Waals surface area contributed by atoms with Gasteiger partial charge in [0.05, 0.1) is 0 Å². The van der Waals surface area contributed by atoms with E-state index in [0.717, 1.165) is 18.0 Å². The van der Waals surface area contributed by atoms with Crippen LogP contribution in [0.5, 0.6) is 5.75 Å². The van der Waals surface area contributed by atoms with Crippen LogP contribution < -0.4 is 10.1 Å². The first kappa shape index (κ1) is 17.2. The van der Waals surface area contributed by atoms with Crippen molar-refractivity contribution in [3.63, 3.8) is 0 Å². The Bertz CT molecular complexity index is 702. The number of ether oxygens (including phenoxy) is 1. The molecule has 4 heteroatoms. The number of nitrogens with zero attached hydrogens (tertiary/aromatic N) is 1. The Hall–Kier alpha value is -2.59. The Balaban J connectivity index is 1.56. The van der Waals surface area contributed by atoms with E-state index >= 15 is 0 Å². The predicted molar refractivity (Wildman–Crippen MR) is 101 cm³/mol. The molecular formula is C21H24N2O2. The van der Waals surface area contributed by atoms with Gasteiger partial charge in [0, 0.05) is 17.8 Å². The lowest BCUT2D eigenvalue weighted by Crippen LogP contribution is -2.18. The summed E-state index contributed by atoms with van der Waals surface area (Å²) in [4.78, 5) is 14.8. The molecule has 25 heavy (non-hydrogen) atoms. The molecular weight excluding hydrogens is 312 g/mol.